The normalized spacial score (nSPS) is 12.9. The summed E-state index contributed by atoms with van der Waals surface area (Å²) in [5.74, 6) is -0.109. The molecule has 1 unspecified atom stereocenters. The SMILES string of the molecule is CCS(=O)c1c(C(=O)OC)nc2sc(C)cn12. The van der Waals surface area contributed by atoms with Crippen molar-refractivity contribution in [3.8, 4) is 0 Å². The summed E-state index contributed by atoms with van der Waals surface area (Å²) in [4.78, 5) is 17.5. The zero-order valence-electron chi connectivity index (χ0n) is 9.72. The molecular weight excluding hydrogens is 260 g/mol. The molecule has 5 nitrogen and oxygen atoms in total. The van der Waals surface area contributed by atoms with Crippen LogP contribution in [-0.4, -0.2) is 32.4 Å². The Hall–Kier alpha value is -1.21. The molecule has 0 saturated carbocycles. The van der Waals surface area contributed by atoms with Gasteiger partial charge in [-0.25, -0.2) is 9.78 Å². The first-order valence-corrected chi connectivity index (χ1v) is 7.17. The van der Waals surface area contributed by atoms with Crippen molar-refractivity contribution in [3.63, 3.8) is 0 Å². The van der Waals surface area contributed by atoms with Gasteiger partial charge in [-0.2, -0.15) is 0 Å². The van der Waals surface area contributed by atoms with Gasteiger partial charge in [-0.3, -0.25) is 8.61 Å². The van der Waals surface area contributed by atoms with E-state index in [0.717, 1.165) is 4.88 Å². The number of carbonyl (C=O) groups is 1. The van der Waals surface area contributed by atoms with Crippen molar-refractivity contribution in [2.45, 2.75) is 18.9 Å². The molecule has 1 atom stereocenters. The molecule has 0 bridgehead atoms. The van der Waals surface area contributed by atoms with Gasteiger partial charge in [0.15, 0.2) is 10.7 Å². The fourth-order valence-electron chi connectivity index (χ4n) is 1.52. The van der Waals surface area contributed by atoms with E-state index in [9.17, 15) is 9.00 Å². The summed E-state index contributed by atoms with van der Waals surface area (Å²) in [6, 6.07) is 0. The van der Waals surface area contributed by atoms with Crippen molar-refractivity contribution in [1.29, 1.82) is 0 Å². The fourth-order valence-corrected chi connectivity index (χ4v) is 3.38. The van der Waals surface area contributed by atoms with E-state index in [4.69, 9.17) is 0 Å². The summed E-state index contributed by atoms with van der Waals surface area (Å²) in [5, 5.41) is 0.429. The number of hydrogen-bond donors (Lipinski definition) is 0. The molecule has 0 aliphatic carbocycles. The van der Waals surface area contributed by atoms with Crippen LogP contribution in [0.5, 0.6) is 0 Å². The molecule has 0 saturated heterocycles. The minimum absolute atomic E-state index is 0.152. The van der Waals surface area contributed by atoms with E-state index in [0.29, 0.717) is 15.7 Å². The molecule has 2 aromatic rings. The number of carbonyl (C=O) groups excluding carboxylic acids is 1. The largest absolute Gasteiger partial charge is 0.464 e. The molecule has 0 spiro atoms. The van der Waals surface area contributed by atoms with Crippen molar-refractivity contribution in [3.05, 3.63) is 16.8 Å². The van der Waals surface area contributed by atoms with Crippen LogP contribution in [0.15, 0.2) is 11.2 Å². The molecule has 2 rings (SSSR count). The van der Waals surface area contributed by atoms with Crippen molar-refractivity contribution in [2.75, 3.05) is 12.9 Å². The van der Waals surface area contributed by atoms with Crippen LogP contribution in [0.2, 0.25) is 0 Å². The first-order valence-electron chi connectivity index (χ1n) is 5.03. The first kappa shape index (κ1) is 12.3. The topological polar surface area (TPSA) is 60.7 Å². The zero-order valence-corrected chi connectivity index (χ0v) is 11.4. The highest BCUT2D eigenvalue weighted by Crippen LogP contribution is 2.24. The number of thiazole rings is 1. The number of esters is 1. The Bertz CT molecular complexity index is 600. The Balaban J connectivity index is 2.70. The first-order chi connectivity index (χ1) is 8.08. The number of hydrogen-bond acceptors (Lipinski definition) is 5. The maximum Gasteiger partial charge on any atom is 0.359 e. The summed E-state index contributed by atoms with van der Waals surface area (Å²) < 4.78 is 18.4. The standard InChI is InChI=1S/C10H12N2O3S2/c1-4-17(14)8-7(9(13)15-3)11-10-12(8)5-6(2)16-10/h5H,4H2,1-3H3. The maximum atomic E-state index is 12.0. The molecule has 0 aliphatic rings. The number of aryl methyl sites for hydroxylation is 1. The Morgan fingerprint density at radius 3 is 2.94 bits per heavy atom. The van der Waals surface area contributed by atoms with E-state index in [-0.39, 0.29) is 5.69 Å². The average Bonchev–Trinajstić information content (AvgIpc) is 2.82. The third-order valence-electron chi connectivity index (χ3n) is 2.25. The third-order valence-corrected chi connectivity index (χ3v) is 4.50. The van der Waals surface area contributed by atoms with E-state index in [2.05, 4.69) is 9.72 Å². The molecule has 17 heavy (non-hydrogen) atoms. The van der Waals surface area contributed by atoms with Gasteiger partial charge in [-0.1, -0.05) is 6.92 Å². The van der Waals surface area contributed by atoms with Crippen molar-refractivity contribution < 1.29 is 13.7 Å². The number of ether oxygens (including phenoxy) is 1. The third kappa shape index (κ3) is 2.00. The van der Waals surface area contributed by atoms with Crippen LogP contribution in [0.1, 0.15) is 22.3 Å². The molecule has 2 aromatic heterocycles. The monoisotopic (exact) mass is 272 g/mol. The van der Waals surface area contributed by atoms with Gasteiger partial charge in [0.2, 0.25) is 0 Å². The van der Waals surface area contributed by atoms with Crippen LogP contribution >= 0.6 is 11.3 Å². The lowest BCUT2D eigenvalue weighted by Crippen LogP contribution is -2.09. The highest BCUT2D eigenvalue weighted by molar-refractivity contribution is 7.85. The molecular formula is C10H12N2O3S2. The van der Waals surface area contributed by atoms with E-state index in [1.807, 2.05) is 13.1 Å². The number of rotatable bonds is 3. The smallest absolute Gasteiger partial charge is 0.359 e. The highest BCUT2D eigenvalue weighted by Gasteiger charge is 2.24. The van der Waals surface area contributed by atoms with Crippen molar-refractivity contribution in [2.24, 2.45) is 0 Å². The van der Waals surface area contributed by atoms with E-state index in [1.54, 1.807) is 11.3 Å². The van der Waals surface area contributed by atoms with Crippen LogP contribution in [0.3, 0.4) is 0 Å². The van der Waals surface area contributed by atoms with Crippen molar-refractivity contribution in [1.82, 2.24) is 9.38 Å². The highest BCUT2D eigenvalue weighted by atomic mass is 32.2. The minimum atomic E-state index is -1.25. The van der Waals surface area contributed by atoms with Crippen LogP contribution < -0.4 is 0 Å². The predicted molar refractivity (Wildman–Crippen MR) is 66.1 cm³/mol. The quantitative estimate of drug-likeness (QED) is 0.797. The molecule has 2 heterocycles. The van der Waals surface area contributed by atoms with Gasteiger partial charge in [0, 0.05) is 16.8 Å². The van der Waals surface area contributed by atoms with Crippen LogP contribution in [0, 0.1) is 6.92 Å². The molecule has 0 aromatic carbocycles. The van der Waals surface area contributed by atoms with E-state index < -0.39 is 16.8 Å². The van der Waals surface area contributed by atoms with Gasteiger partial charge in [0.1, 0.15) is 5.03 Å². The second-order valence-electron chi connectivity index (χ2n) is 3.39. The lowest BCUT2D eigenvalue weighted by molar-refractivity contribution is 0.0590. The molecule has 0 N–H and O–H groups in total. The number of fused-ring (bicyclic) bond motifs is 1. The van der Waals surface area contributed by atoms with E-state index in [1.165, 1.54) is 18.4 Å². The molecule has 0 fully saturated rings. The number of aromatic nitrogens is 2. The number of imidazole rings is 1. The van der Waals surface area contributed by atoms with Crippen LogP contribution in [0.25, 0.3) is 4.96 Å². The fraction of sp³-hybridized carbons (Fsp3) is 0.400. The predicted octanol–water partition coefficient (Wildman–Crippen LogP) is 1.62. The summed E-state index contributed by atoms with van der Waals surface area (Å²) in [6.07, 6.45) is 1.84. The second-order valence-corrected chi connectivity index (χ2v) is 6.25. The van der Waals surface area contributed by atoms with Gasteiger partial charge in [-0.05, 0) is 6.92 Å². The molecule has 7 heteroatoms. The molecule has 0 radical (unpaired) electrons. The summed E-state index contributed by atoms with van der Waals surface area (Å²) in [7, 11) is 0.0434. The number of methoxy groups -OCH3 is 1. The summed E-state index contributed by atoms with van der Waals surface area (Å²) in [5.41, 5.74) is 0.152. The molecule has 0 amide bonds. The van der Waals surface area contributed by atoms with Gasteiger partial charge in [0.25, 0.3) is 0 Å². The Morgan fingerprint density at radius 2 is 2.35 bits per heavy atom. The lowest BCUT2D eigenvalue weighted by Gasteiger charge is -2.00. The van der Waals surface area contributed by atoms with Gasteiger partial charge < -0.3 is 4.74 Å². The Labute approximate surface area is 105 Å². The Morgan fingerprint density at radius 1 is 1.65 bits per heavy atom. The second kappa shape index (κ2) is 4.58. The lowest BCUT2D eigenvalue weighted by atomic mass is 10.5. The van der Waals surface area contributed by atoms with Crippen LogP contribution in [0.4, 0.5) is 0 Å². The van der Waals surface area contributed by atoms with Gasteiger partial charge >= 0.3 is 5.97 Å². The van der Waals surface area contributed by atoms with Gasteiger partial charge in [0.05, 0.1) is 17.9 Å². The van der Waals surface area contributed by atoms with E-state index >= 15 is 0 Å². The summed E-state index contributed by atoms with van der Waals surface area (Å²) in [6.45, 7) is 3.74. The summed E-state index contributed by atoms with van der Waals surface area (Å²) >= 11 is 1.45. The Kier molecular flexibility index (Phi) is 3.30. The average molecular weight is 272 g/mol. The minimum Gasteiger partial charge on any atom is -0.464 e. The van der Waals surface area contributed by atoms with Crippen LogP contribution in [-0.2, 0) is 15.5 Å². The van der Waals surface area contributed by atoms with Gasteiger partial charge in [-0.15, -0.1) is 11.3 Å². The molecule has 92 valence electrons. The number of nitrogens with zero attached hydrogens (tertiary/aromatic N) is 2. The maximum absolute atomic E-state index is 12.0. The molecule has 0 aliphatic heterocycles. The zero-order chi connectivity index (χ0) is 12.6. The van der Waals surface area contributed by atoms with Crippen molar-refractivity contribution >= 4 is 33.1 Å².